The highest BCUT2D eigenvalue weighted by molar-refractivity contribution is 14.0. The zero-order valence-electron chi connectivity index (χ0n) is 15.3. The number of thiazole rings is 1. The number of carbonyl (C=O) groups is 1. The van der Waals surface area contributed by atoms with Crippen molar-refractivity contribution in [3.63, 3.8) is 0 Å². The smallest absolute Gasteiger partial charge is 0.221 e. The molecule has 0 spiro atoms. The molecule has 0 bridgehead atoms. The van der Waals surface area contributed by atoms with Crippen molar-refractivity contribution in [3.8, 4) is 5.75 Å². The van der Waals surface area contributed by atoms with Crippen LogP contribution in [0.2, 0.25) is 0 Å². The predicted molar refractivity (Wildman–Crippen MR) is 117 cm³/mol. The van der Waals surface area contributed by atoms with Crippen molar-refractivity contribution in [1.29, 1.82) is 0 Å². The highest BCUT2D eigenvalue weighted by Crippen LogP contribution is 2.25. The van der Waals surface area contributed by atoms with Crippen LogP contribution in [-0.2, 0) is 17.9 Å². The monoisotopic (exact) mass is 489 g/mol. The molecular weight excluding hydrogens is 465 g/mol. The molecule has 1 aromatic heterocycles. The summed E-state index contributed by atoms with van der Waals surface area (Å²) >= 11 is 1.66. The number of aromatic nitrogens is 1. The second-order valence-electron chi connectivity index (χ2n) is 5.36. The van der Waals surface area contributed by atoms with Gasteiger partial charge in [0, 0.05) is 31.6 Å². The molecular formula is C17H24IN5O2S. The van der Waals surface area contributed by atoms with Gasteiger partial charge in [-0.2, -0.15) is 0 Å². The van der Waals surface area contributed by atoms with Crippen molar-refractivity contribution in [2.45, 2.75) is 26.9 Å². The van der Waals surface area contributed by atoms with Gasteiger partial charge in [-0.25, -0.2) is 4.98 Å². The lowest BCUT2D eigenvalue weighted by Crippen LogP contribution is -2.36. The number of hydrogen-bond donors (Lipinski definition) is 3. The molecule has 0 aliphatic carbocycles. The minimum Gasteiger partial charge on any atom is -0.495 e. The standard InChI is InChI=1S/C17H23N5O2S.HI/c1-11-8-19-16(25-11)10-21-17(18-3)20-9-13-5-6-15(24-4)14(7-13)22-12(2)23;/h5-8H,9-10H2,1-4H3,(H,22,23)(H2,18,20,21);1H. The Kier molecular flexibility index (Phi) is 9.35. The van der Waals surface area contributed by atoms with Crippen molar-refractivity contribution < 1.29 is 9.53 Å². The number of hydrogen-bond acceptors (Lipinski definition) is 5. The molecule has 0 atom stereocenters. The predicted octanol–water partition coefficient (Wildman–Crippen LogP) is 2.90. The summed E-state index contributed by atoms with van der Waals surface area (Å²) in [6.07, 6.45) is 1.86. The highest BCUT2D eigenvalue weighted by atomic mass is 127. The molecule has 0 saturated heterocycles. The van der Waals surface area contributed by atoms with Crippen LogP contribution in [0.5, 0.6) is 5.75 Å². The van der Waals surface area contributed by atoms with Gasteiger partial charge in [-0.05, 0) is 24.6 Å². The van der Waals surface area contributed by atoms with Crippen LogP contribution in [-0.4, -0.2) is 31.0 Å². The third-order valence-electron chi connectivity index (χ3n) is 3.33. The molecule has 26 heavy (non-hydrogen) atoms. The SMILES string of the molecule is CN=C(NCc1ccc(OC)c(NC(C)=O)c1)NCc1ncc(C)s1.I. The van der Waals surface area contributed by atoms with Crippen LogP contribution < -0.4 is 20.7 Å². The number of nitrogens with one attached hydrogen (secondary N) is 3. The second kappa shape index (κ2) is 11.0. The first-order valence-corrected chi connectivity index (χ1v) is 8.63. The summed E-state index contributed by atoms with van der Waals surface area (Å²) in [6.45, 7) is 4.69. The normalized spacial score (nSPS) is 10.7. The van der Waals surface area contributed by atoms with Gasteiger partial charge in [0.25, 0.3) is 0 Å². The minimum absolute atomic E-state index is 0. The van der Waals surface area contributed by atoms with Crippen molar-refractivity contribution in [2.75, 3.05) is 19.5 Å². The van der Waals surface area contributed by atoms with E-state index in [1.54, 1.807) is 25.5 Å². The maximum Gasteiger partial charge on any atom is 0.221 e. The molecule has 0 fully saturated rings. The highest BCUT2D eigenvalue weighted by Gasteiger charge is 2.07. The Morgan fingerprint density at radius 3 is 2.62 bits per heavy atom. The molecule has 0 unspecified atom stereocenters. The summed E-state index contributed by atoms with van der Waals surface area (Å²) in [5, 5.41) is 10.3. The average Bonchev–Trinajstić information content (AvgIpc) is 3.00. The molecule has 0 saturated carbocycles. The van der Waals surface area contributed by atoms with Gasteiger partial charge in [-0.3, -0.25) is 9.79 Å². The summed E-state index contributed by atoms with van der Waals surface area (Å²) < 4.78 is 5.26. The van der Waals surface area contributed by atoms with E-state index in [9.17, 15) is 4.79 Å². The lowest BCUT2D eigenvalue weighted by atomic mass is 10.2. The largest absolute Gasteiger partial charge is 0.495 e. The van der Waals surface area contributed by atoms with E-state index < -0.39 is 0 Å². The zero-order valence-corrected chi connectivity index (χ0v) is 18.4. The number of guanidine groups is 1. The third kappa shape index (κ3) is 6.79. The number of anilines is 1. The molecule has 1 aromatic carbocycles. The van der Waals surface area contributed by atoms with Crippen LogP contribution in [0.1, 0.15) is 22.4 Å². The summed E-state index contributed by atoms with van der Waals surface area (Å²) in [4.78, 5) is 21.0. The first kappa shape index (κ1) is 22.2. The molecule has 7 nitrogen and oxygen atoms in total. The van der Waals surface area contributed by atoms with E-state index in [-0.39, 0.29) is 29.9 Å². The molecule has 2 aromatic rings. The van der Waals surface area contributed by atoms with Crippen molar-refractivity contribution >= 4 is 52.9 Å². The summed E-state index contributed by atoms with van der Waals surface area (Å²) in [7, 11) is 3.30. The minimum atomic E-state index is -0.139. The Bertz CT molecular complexity index is 763. The second-order valence-corrected chi connectivity index (χ2v) is 6.68. The molecule has 2 rings (SSSR count). The molecule has 3 N–H and O–H groups in total. The number of ether oxygens (including phenoxy) is 1. The van der Waals surface area contributed by atoms with Crippen LogP contribution in [0.3, 0.4) is 0 Å². The van der Waals surface area contributed by atoms with Gasteiger partial charge < -0.3 is 20.7 Å². The number of halogens is 1. The van der Waals surface area contributed by atoms with Crippen LogP contribution in [0.4, 0.5) is 5.69 Å². The van der Waals surface area contributed by atoms with Gasteiger partial charge in [0.2, 0.25) is 5.91 Å². The lowest BCUT2D eigenvalue weighted by Gasteiger charge is -2.13. The maximum atomic E-state index is 11.3. The third-order valence-corrected chi connectivity index (χ3v) is 4.25. The first-order chi connectivity index (χ1) is 12.0. The number of rotatable bonds is 6. The molecule has 0 aliphatic heterocycles. The van der Waals surface area contributed by atoms with E-state index in [1.165, 1.54) is 11.8 Å². The Balaban J connectivity index is 0.00000338. The van der Waals surface area contributed by atoms with Gasteiger partial charge in [-0.1, -0.05) is 6.07 Å². The number of benzene rings is 1. The fourth-order valence-electron chi connectivity index (χ4n) is 2.20. The Morgan fingerprint density at radius 1 is 1.31 bits per heavy atom. The van der Waals surface area contributed by atoms with Crippen molar-refractivity contribution in [3.05, 3.63) is 39.8 Å². The van der Waals surface area contributed by atoms with Crippen LogP contribution >= 0.6 is 35.3 Å². The van der Waals surface area contributed by atoms with E-state index in [2.05, 4.69) is 25.9 Å². The van der Waals surface area contributed by atoms with Gasteiger partial charge in [-0.15, -0.1) is 35.3 Å². The molecule has 1 amide bonds. The average molecular weight is 489 g/mol. The molecule has 0 radical (unpaired) electrons. The Hall–Kier alpha value is -1.88. The van der Waals surface area contributed by atoms with Crippen molar-refractivity contribution in [1.82, 2.24) is 15.6 Å². The van der Waals surface area contributed by atoms with Crippen LogP contribution in [0.25, 0.3) is 0 Å². The molecule has 0 aliphatic rings. The van der Waals surface area contributed by atoms with Crippen LogP contribution in [0.15, 0.2) is 29.4 Å². The number of methoxy groups -OCH3 is 1. The Morgan fingerprint density at radius 2 is 2.04 bits per heavy atom. The van der Waals surface area contributed by atoms with E-state index in [4.69, 9.17) is 4.74 Å². The fourth-order valence-corrected chi connectivity index (χ4v) is 2.93. The lowest BCUT2D eigenvalue weighted by molar-refractivity contribution is -0.114. The maximum absolute atomic E-state index is 11.3. The van der Waals surface area contributed by atoms with Gasteiger partial charge in [0.15, 0.2) is 5.96 Å². The summed E-state index contributed by atoms with van der Waals surface area (Å²) in [6, 6.07) is 5.65. The van der Waals surface area contributed by atoms with E-state index in [1.807, 2.05) is 31.3 Å². The Labute approximate surface area is 174 Å². The summed E-state index contributed by atoms with van der Waals surface area (Å²) in [5.74, 6) is 1.17. The van der Waals surface area contributed by atoms with Gasteiger partial charge >= 0.3 is 0 Å². The number of nitrogens with zero attached hydrogens (tertiary/aromatic N) is 2. The quantitative estimate of drug-likeness (QED) is 0.330. The summed E-state index contributed by atoms with van der Waals surface area (Å²) in [5.41, 5.74) is 1.65. The van der Waals surface area contributed by atoms with E-state index >= 15 is 0 Å². The topological polar surface area (TPSA) is 87.6 Å². The fraction of sp³-hybridized carbons (Fsp3) is 0.353. The number of amides is 1. The first-order valence-electron chi connectivity index (χ1n) is 7.82. The van der Waals surface area contributed by atoms with Crippen LogP contribution in [0, 0.1) is 6.92 Å². The number of carbonyl (C=O) groups excluding carboxylic acids is 1. The number of aliphatic imine (C=N–C) groups is 1. The zero-order chi connectivity index (χ0) is 18.2. The van der Waals surface area contributed by atoms with Crippen molar-refractivity contribution in [2.24, 2.45) is 4.99 Å². The molecule has 142 valence electrons. The van der Waals surface area contributed by atoms with E-state index in [0.29, 0.717) is 30.5 Å². The van der Waals surface area contributed by atoms with E-state index in [0.717, 1.165) is 10.6 Å². The molecule has 9 heteroatoms. The van der Waals surface area contributed by atoms with Gasteiger partial charge in [0.1, 0.15) is 10.8 Å². The number of aryl methyl sites for hydroxylation is 1. The molecule has 1 heterocycles. The van der Waals surface area contributed by atoms with Gasteiger partial charge in [0.05, 0.1) is 19.3 Å².